The number of aliphatic carboxylic acids is 1. The lowest BCUT2D eigenvalue weighted by molar-refractivity contribution is -0.206. The van der Waals surface area contributed by atoms with E-state index in [1.54, 1.807) is 12.1 Å². The highest BCUT2D eigenvalue weighted by atomic mass is 19.4. The maximum absolute atomic E-state index is 12.7. The Hall–Kier alpha value is -3.85. The van der Waals surface area contributed by atoms with Gasteiger partial charge in [0.15, 0.2) is 23.7 Å². The maximum atomic E-state index is 12.7. The predicted molar refractivity (Wildman–Crippen MR) is 128 cm³/mol. The Morgan fingerprint density at radius 1 is 1.27 bits per heavy atom. The van der Waals surface area contributed by atoms with Gasteiger partial charge in [0.1, 0.15) is 5.76 Å². The molecule has 1 saturated heterocycles. The Bertz CT molecular complexity index is 1350. The van der Waals surface area contributed by atoms with Gasteiger partial charge in [-0.05, 0) is 44.1 Å². The highest BCUT2D eigenvalue weighted by Gasteiger charge is 2.72. The highest BCUT2D eigenvalue weighted by Crippen LogP contribution is 2.65. The standard InChI is InChI=1S/C26H27F3N2O10/c1-31-9-7-24-19-12-2-3-13(32)20(19)41-21(24)14(4-6-25(24,38)16(31)10-12)39-18(35)5-8-30-22(36)15(11-17(33)34)40-23(37)26(27,28)29/h2-4,15-16,21,32,38H,5-11H2,1H3,(H,30,36)(H,33,34)/t15-,16+,21-,24-,25+/m0/s1. The van der Waals surface area contributed by atoms with E-state index in [0.29, 0.717) is 24.9 Å². The van der Waals surface area contributed by atoms with E-state index in [1.807, 2.05) is 7.05 Å². The molecule has 5 atom stereocenters. The first kappa shape index (κ1) is 28.7. The number of amides is 1. The van der Waals surface area contributed by atoms with E-state index >= 15 is 0 Å². The molecule has 0 radical (unpaired) electrons. The van der Waals surface area contributed by atoms with Crippen molar-refractivity contribution in [1.82, 2.24) is 10.2 Å². The average molecular weight is 585 g/mol. The first-order chi connectivity index (χ1) is 19.2. The fourth-order valence-electron chi connectivity index (χ4n) is 6.56. The summed E-state index contributed by atoms with van der Waals surface area (Å²) in [6.45, 7) is 0.147. The number of phenolic OH excluding ortho intramolecular Hbond substituents is 1. The van der Waals surface area contributed by atoms with Crippen LogP contribution in [0.4, 0.5) is 13.2 Å². The molecule has 2 aliphatic carbocycles. The summed E-state index contributed by atoms with van der Waals surface area (Å²) in [7, 11) is 1.92. The Balaban J connectivity index is 1.28. The molecular formula is C26H27F3N2O10. The number of rotatable bonds is 8. The zero-order valence-corrected chi connectivity index (χ0v) is 21.7. The number of hydrogen-bond donors (Lipinski definition) is 4. The zero-order chi connectivity index (χ0) is 29.9. The second kappa shape index (κ2) is 9.91. The van der Waals surface area contributed by atoms with E-state index in [-0.39, 0.29) is 29.7 Å². The average Bonchev–Trinajstić information content (AvgIpc) is 3.24. The molecule has 4 aliphatic rings. The van der Waals surface area contributed by atoms with Gasteiger partial charge < -0.3 is 39.7 Å². The molecule has 1 aromatic carbocycles. The SMILES string of the molecule is CN1CC[C@]23c4c5ccc(O)c4O[C@H]2C(OC(=O)CCNC(=O)[C@H](CC(=O)O)OC(=O)C(F)(F)F)=CC[C@@]3(O)[C@H]1C5. The van der Waals surface area contributed by atoms with Crippen molar-refractivity contribution < 1.29 is 61.9 Å². The maximum Gasteiger partial charge on any atom is 0.490 e. The van der Waals surface area contributed by atoms with Gasteiger partial charge in [0.25, 0.3) is 5.91 Å². The Morgan fingerprint density at radius 2 is 2.00 bits per heavy atom. The zero-order valence-electron chi connectivity index (χ0n) is 21.7. The normalized spacial score (nSPS) is 28.5. The van der Waals surface area contributed by atoms with Crippen molar-refractivity contribution in [1.29, 1.82) is 0 Å². The van der Waals surface area contributed by atoms with Gasteiger partial charge in [0, 0.05) is 24.6 Å². The van der Waals surface area contributed by atoms with Crippen LogP contribution in [0.2, 0.25) is 0 Å². The fraction of sp³-hybridized carbons (Fsp3) is 0.538. The van der Waals surface area contributed by atoms with Gasteiger partial charge in [-0.3, -0.25) is 14.4 Å². The van der Waals surface area contributed by atoms with Crippen LogP contribution in [0.25, 0.3) is 0 Å². The molecule has 4 N–H and O–H groups in total. The number of carboxylic acid groups (broad SMARTS) is 1. The van der Waals surface area contributed by atoms with E-state index in [9.17, 15) is 42.6 Å². The van der Waals surface area contributed by atoms with Crippen molar-refractivity contribution in [2.24, 2.45) is 0 Å². The summed E-state index contributed by atoms with van der Waals surface area (Å²) in [5.74, 6) is -6.38. The van der Waals surface area contributed by atoms with Crippen molar-refractivity contribution in [2.75, 3.05) is 20.1 Å². The Morgan fingerprint density at radius 3 is 2.68 bits per heavy atom. The molecule has 0 saturated carbocycles. The quantitative estimate of drug-likeness (QED) is 0.317. The van der Waals surface area contributed by atoms with Crippen LogP contribution in [-0.2, 0) is 40.5 Å². The van der Waals surface area contributed by atoms with Crippen LogP contribution in [0, 0.1) is 0 Å². The molecule has 1 amide bonds. The molecule has 2 bridgehead atoms. The second-order valence-corrected chi connectivity index (χ2v) is 10.6. The number of nitrogens with zero attached hydrogens (tertiary/aromatic N) is 1. The van der Waals surface area contributed by atoms with Gasteiger partial charge in [0.2, 0.25) is 0 Å². The number of aliphatic hydroxyl groups is 1. The molecule has 15 heteroatoms. The number of alkyl halides is 3. The van der Waals surface area contributed by atoms with E-state index in [0.717, 1.165) is 5.56 Å². The van der Waals surface area contributed by atoms with Crippen molar-refractivity contribution in [3.05, 3.63) is 35.1 Å². The molecule has 2 aliphatic heterocycles. The summed E-state index contributed by atoms with van der Waals surface area (Å²) < 4.78 is 53.2. The first-order valence-electron chi connectivity index (χ1n) is 12.8. The van der Waals surface area contributed by atoms with E-state index in [4.69, 9.17) is 14.6 Å². The summed E-state index contributed by atoms with van der Waals surface area (Å²) in [6, 6.07) is 3.06. The van der Waals surface area contributed by atoms with Crippen molar-refractivity contribution >= 4 is 23.8 Å². The number of carbonyl (C=O) groups excluding carboxylic acids is 3. The number of hydrogen-bond acceptors (Lipinski definition) is 10. The molecule has 0 unspecified atom stereocenters. The molecule has 12 nitrogen and oxygen atoms in total. The number of likely N-dealkylation sites (tertiary alicyclic amines) is 1. The third-order valence-electron chi connectivity index (χ3n) is 8.35. The predicted octanol–water partition coefficient (Wildman–Crippen LogP) is 0.668. The van der Waals surface area contributed by atoms with Gasteiger partial charge in [-0.25, -0.2) is 4.79 Å². The van der Waals surface area contributed by atoms with Crippen molar-refractivity contribution in [3.63, 3.8) is 0 Å². The number of phenols is 1. The second-order valence-electron chi connectivity index (χ2n) is 10.6. The number of nitrogens with one attached hydrogen (secondary N) is 1. The van der Waals surface area contributed by atoms with Crippen molar-refractivity contribution in [3.8, 4) is 11.5 Å². The molecule has 1 aromatic rings. The van der Waals surface area contributed by atoms with E-state index in [1.165, 1.54) is 6.07 Å². The van der Waals surface area contributed by atoms with Gasteiger partial charge in [-0.2, -0.15) is 13.2 Å². The number of esters is 2. The minimum absolute atomic E-state index is 0.109. The first-order valence-corrected chi connectivity index (χ1v) is 12.8. The van der Waals surface area contributed by atoms with Gasteiger partial charge in [-0.15, -0.1) is 0 Å². The number of carbonyl (C=O) groups is 4. The Labute approximate surface area is 230 Å². The lowest BCUT2D eigenvalue weighted by atomic mass is 9.50. The number of aromatic hydroxyl groups is 1. The number of halogens is 3. The topological polar surface area (TPSA) is 172 Å². The van der Waals surface area contributed by atoms with Crippen LogP contribution in [0.1, 0.15) is 36.8 Å². The van der Waals surface area contributed by atoms with E-state index < -0.39 is 72.6 Å². The molecule has 0 aromatic heterocycles. The lowest BCUT2D eigenvalue weighted by Gasteiger charge is -2.61. The van der Waals surface area contributed by atoms with Crippen molar-refractivity contribution in [2.45, 2.75) is 67.5 Å². The molecule has 1 spiro atoms. The molecule has 222 valence electrons. The van der Waals surface area contributed by atoms with Crippen LogP contribution < -0.4 is 10.1 Å². The molecule has 5 rings (SSSR count). The minimum atomic E-state index is -5.44. The minimum Gasteiger partial charge on any atom is -0.504 e. The van der Waals surface area contributed by atoms with Crippen LogP contribution in [0.5, 0.6) is 11.5 Å². The summed E-state index contributed by atoms with van der Waals surface area (Å²) >= 11 is 0. The van der Waals surface area contributed by atoms with Crippen LogP contribution in [0.3, 0.4) is 0 Å². The number of carboxylic acids is 1. The summed E-state index contributed by atoms with van der Waals surface area (Å²) in [5.41, 5.74) is -0.648. The summed E-state index contributed by atoms with van der Waals surface area (Å²) in [4.78, 5) is 49.0. The fourth-order valence-corrected chi connectivity index (χ4v) is 6.56. The van der Waals surface area contributed by atoms with Gasteiger partial charge >= 0.3 is 24.1 Å². The van der Waals surface area contributed by atoms with Crippen LogP contribution in [-0.4, -0.2) is 94.2 Å². The molecule has 41 heavy (non-hydrogen) atoms. The molecular weight excluding hydrogens is 557 g/mol. The van der Waals surface area contributed by atoms with E-state index in [2.05, 4.69) is 15.0 Å². The van der Waals surface area contributed by atoms with Gasteiger partial charge in [0.05, 0.1) is 23.9 Å². The monoisotopic (exact) mass is 584 g/mol. The number of piperidine rings is 1. The smallest absolute Gasteiger partial charge is 0.490 e. The number of likely N-dealkylation sites (N-methyl/N-ethyl adjacent to an activating group) is 1. The third-order valence-corrected chi connectivity index (χ3v) is 8.35. The summed E-state index contributed by atoms with van der Waals surface area (Å²) in [5, 5.41) is 33.6. The highest BCUT2D eigenvalue weighted by molar-refractivity contribution is 5.88. The third kappa shape index (κ3) is 4.56. The summed E-state index contributed by atoms with van der Waals surface area (Å²) in [6.07, 6.45) is -7.65. The molecule has 1 fully saturated rings. The van der Waals surface area contributed by atoms with Gasteiger partial charge in [-0.1, -0.05) is 6.07 Å². The number of ether oxygens (including phenoxy) is 3. The Kier molecular flexibility index (Phi) is 6.93. The van der Waals surface area contributed by atoms with Crippen LogP contribution >= 0.6 is 0 Å². The number of benzene rings is 1. The largest absolute Gasteiger partial charge is 0.504 e. The lowest BCUT2D eigenvalue weighted by Crippen LogP contribution is -2.74. The molecule has 2 heterocycles. The van der Waals surface area contributed by atoms with Crippen LogP contribution in [0.15, 0.2) is 24.0 Å².